The van der Waals surface area contributed by atoms with E-state index in [9.17, 15) is 9.59 Å². The standard InChI is InChI=1S/C15H20N2O4/c1-11-7-16-8-12(13(11)18)14(19)17-4-6-21-15(9-17)3-2-5-20-10-15/h7-8H,2-6,9-10H2,1H3,(H,16,18). The summed E-state index contributed by atoms with van der Waals surface area (Å²) in [5, 5.41) is 0. The molecule has 2 saturated heterocycles. The SMILES string of the molecule is Cc1c[nH]cc(C(=O)N2CCOC3(CCCOC3)C2)c1=O. The van der Waals surface area contributed by atoms with Crippen molar-refractivity contribution in [3.8, 4) is 0 Å². The van der Waals surface area contributed by atoms with Gasteiger partial charge in [0.2, 0.25) is 0 Å². The lowest BCUT2D eigenvalue weighted by Gasteiger charge is -2.44. The Hall–Kier alpha value is -1.66. The highest BCUT2D eigenvalue weighted by atomic mass is 16.5. The number of rotatable bonds is 1. The van der Waals surface area contributed by atoms with Gasteiger partial charge < -0.3 is 19.4 Å². The van der Waals surface area contributed by atoms with Crippen molar-refractivity contribution in [1.82, 2.24) is 9.88 Å². The minimum absolute atomic E-state index is 0.198. The van der Waals surface area contributed by atoms with E-state index in [2.05, 4.69) is 4.98 Å². The Bertz CT molecular complexity index is 584. The number of pyridine rings is 1. The number of carbonyl (C=O) groups excluding carboxylic acids is 1. The van der Waals surface area contributed by atoms with Crippen molar-refractivity contribution in [2.75, 3.05) is 32.9 Å². The minimum atomic E-state index is -0.400. The van der Waals surface area contributed by atoms with E-state index in [1.807, 2.05) is 0 Å². The maximum Gasteiger partial charge on any atom is 0.259 e. The lowest BCUT2D eigenvalue weighted by atomic mass is 9.94. The van der Waals surface area contributed by atoms with Crippen molar-refractivity contribution in [1.29, 1.82) is 0 Å². The van der Waals surface area contributed by atoms with Crippen molar-refractivity contribution in [2.24, 2.45) is 0 Å². The van der Waals surface area contributed by atoms with Crippen LogP contribution in [0.15, 0.2) is 17.2 Å². The number of hydrogen-bond acceptors (Lipinski definition) is 4. The molecule has 0 saturated carbocycles. The van der Waals surface area contributed by atoms with Gasteiger partial charge in [0.1, 0.15) is 11.2 Å². The van der Waals surface area contributed by atoms with Gasteiger partial charge in [0, 0.05) is 31.1 Å². The van der Waals surface area contributed by atoms with Gasteiger partial charge in [0.15, 0.2) is 5.43 Å². The van der Waals surface area contributed by atoms with Crippen LogP contribution in [0.5, 0.6) is 0 Å². The fraction of sp³-hybridized carbons (Fsp3) is 0.600. The second kappa shape index (κ2) is 5.61. The summed E-state index contributed by atoms with van der Waals surface area (Å²) >= 11 is 0. The van der Waals surface area contributed by atoms with Crippen LogP contribution in [0.1, 0.15) is 28.8 Å². The van der Waals surface area contributed by atoms with E-state index in [1.165, 1.54) is 6.20 Å². The van der Waals surface area contributed by atoms with Gasteiger partial charge >= 0.3 is 0 Å². The van der Waals surface area contributed by atoms with Crippen molar-refractivity contribution in [3.63, 3.8) is 0 Å². The van der Waals surface area contributed by atoms with E-state index < -0.39 is 5.60 Å². The third-order valence-corrected chi connectivity index (χ3v) is 4.18. The van der Waals surface area contributed by atoms with Crippen LogP contribution >= 0.6 is 0 Å². The first-order valence-electron chi connectivity index (χ1n) is 7.30. The molecule has 3 rings (SSSR count). The highest BCUT2D eigenvalue weighted by Crippen LogP contribution is 2.28. The Labute approximate surface area is 123 Å². The molecule has 6 nitrogen and oxygen atoms in total. The van der Waals surface area contributed by atoms with Crippen LogP contribution in [0, 0.1) is 6.92 Å². The molecule has 1 unspecified atom stereocenters. The van der Waals surface area contributed by atoms with Crippen LogP contribution in [0.3, 0.4) is 0 Å². The number of hydrogen-bond donors (Lipinski definition) is 1. The number of ether oxygens (including phenoxy) is 2. The average molecular weight is 292 g/mol. The molecule has 6 heteroatoms. The zero-order valence-corrected chi connectivity index (χ0v) is 12.2. The van der Waals surface area contributed by atoms with Gasteiger partial charge in [-0.15, -0.1) is 0 Å². The Morgan fingerprint density at radius 1 is 1.38 bits per heavy atom. The van der Waals surface area contributed by atoms with Gasteiger partial charge in [0.25, 0.3) is 5.91 Å². The quantitative estimate of drug-likeness (QED) is 0.827. The molecule has 2 fully saturated rings. The summed E-state index contributed by atoms with van der Waals surface area (Å²) in [5.41, 5.74) is 0.135. The second-order valence-electron chi connectivity index (χ2n) is 5.80. The topological polar surface area (TPSA) is 71.6 Å². The van der Waals surface area contributed by atoms with Crippen LogP contribution in [0.25, 0.3) is 0 Å². The third-order valence-electron chi connectivity index (χ3n) is 4.18. The zero-order chi connectivity index (χ0) is 14.9. The predicted molar refractivity (Wildman–Crippen MR) is 76.4 cm³/mol. The molecule has 21 heavy (non-hydrogen) atoms. The van der Waals surface area contributed by atoms with Crippen LogP contribution in [0.2, 0.25) is 0 Å². The molecule has 0 bridgehead atoms. The van der Waals surface area contributed by atoms with Gasteiger partial charge in [-0.2, -0.15) is 0 Å². The van der Waals surface area contributed by atoms with E-state index >= 15 is 0 Å². The van der Waals surface area contributed by atoms with E-state index in [-0.39, 0.29) is 16.9 Å². The first-order valence-corrected chi connectivity index (χ1v) is 7.30. The Morgan fingerprint density at radius 3 is 3.00 bits per heavy atom. The lowest BCUT2D eigenvalue weighted by molar-refractivity contribution is -0.160. The summed E-state index contributed by atoms with van der Waals surface area (Å²) in [4.78, 5) is 29.3. The van der Waals surface area contributed by atoms with E-state index in [0.29, 0.717) is 31.9 Å². The van der Waals surface area contributed by atoms with Gasteiger partial charge in [0.05, 0.1) is 19.8 Å². The molecule has 1 aromatic rings. The number of amides is 1. The smallest absolute Gasteiger partial charge is 0.259 e. The number of carbonyl (C=O) groups is 1. The summed E-state index contributed by atoms with van der Waals surface area (Å²) in [7, 11) is 0. The Morgan fingerprint density at radius 2 is 2.24 bits per heavy atom. The van der Waals surface area contributed by atoms with Crippen LogP contribution < -0.4 is 5.43 Å². The molecule has 1 atom stereocenters. The normalized spacial score (nSPS) is 26.0. The maximum absolute atomic E-state index is 12.6. The number of aromatic nitrogens is 1. The van der Waals surface area contributed by atoms with Crippen molar-refractivity contribution < 1.29 is 14.3 Å². The molecule has 2 aliphatic heterocycles. The Balaban J connectivity index is 1.81. The summed E-state index contributed by atoms with van der Waals surface area (Å²) in [6.07, 6.45) is 4.92. The number of morpholine rings is 1. The summed E-state index contributed by atoms with van der Waals surface area (Å²) in [6, 6.07) is 0. The van der Waals surface area contributed by atoms with Crippen molar-refractivity contribution in [3.05, 3.63) is 33.7 Å². The molecule has 1 spiro atoms. The second-order valence-corrected chi connectivity index (χ2v) is 5.80. The molecule has 1 amide bonds. The fourth-order valence-corrected chi connectivity index (χ4v) is 3.01. The number of nitrogens with zero attached hydrogens (tertiary/aromatic N) is 1. The van der Waals surface area contributed by atoms with E-state index in [4.69, 9.17) is 9.47 Å². The number of aromatic amines is 1. The number of aryl methyl sites for hydroxylation is 1. The minimum Gasteiger partial charge on any atom is -0.378 e. The van der Waals surface area contributed by atoms with Crippen LogP contribution in [0.4, 0.5) is 0 Å². The average Bonchev–Trinajstić information content (AvgIpc) is 2.50. The van der Waals surface area contributed by atoms with E-state index in [1.54, 1.807) is 18.0 Å². The van der Waals surface area contributed by atoms with Gasteiger partial charge in [-0.25, -0.2) is 0 Å². The van der Waals surface area contributed by atoms with Gasteiger partial charge in [-0.1, -0.05) is 0 Å². The lowest BCUT2D eigenvalue weighted by Crippen LogP contribution is -2.57. The van der Waals surface area contributed by atoms with Crippen molar-refractivity contribution in [2.45, 2.75) is 25.4 Å². The molecular weight excluding hydrogens is 272 g/mol. The molecule has 2 aliphatic rings. The predicted octanol–water partition coefficient (Wildman–Crippen LogP) is 0.705. The summed E-state index contributed by atoms with van der Waals surface area (Å²) in [5.74, 6) is -0.229. The Kier molecular flexibility index (Phi) is 3.82. The fourth-order valence-electron chi connectivity index (χ4n) is 3.01. The van der Waals surface area contributed by atoms with Crippen LogP contribution in [-0.4, -0.2) is 54.3 Å². The molecule has 3 heterocycles. The summed E-state index contributed by atoms with van der Waals surface area (Å²) < 4.78 is 11.4. The number of H-pyrrole nitrogens is 1. The molecule has 114 valence electrons. The maximum atomic E-state index is 12.6. The first kappa shape index (κ1) is 14.3. The first-order chi connectivity index (χ1) is 10.1. The molecule has 0 aliphatic carbocycles. The van der Waals surface area contributed by atoms with E-state index in [0.717, 1.165) is 19.4 Å². The molecule has 0 aromatic carbocycles. The highest BCUT2D eigenvalue weighted by molar-refractivity contribution is 5.94. The van der Waals surface area contributed by atoms with Crippen molar-refractivity contribution >= 4 is 5.91 Å². The highest BCUT2D eigenvalue weighted by Gasteiger charge is 2.40. The molecule has 0 radical (unpaired) electrons. The van der Waals surface area contributed by atoms with Gasteiger partial charge in [-0.05, 0) is 19.8 Å². The largest absolute Gasteiger partial charge is 0.378 e. The third kappa shape index (κ3) is 2.73. The van der Waals surface area contributed by atoms with Crippen LogP contribution in [-0.2, 0) is 9.47 Å². The molecular formula is C15H20N2O4. The molecule has 1 aromatic heterocycles. The number of nitrogens with one attached hydrogen (secondary N) is 1. The zero-order valence-electron chi connectivity index (χ0n) is 12.2. The summed E-state index contributed by atoms with van der Waals surface area (Å²) in [6.45, 7) is 4.44. The monoisotopic (exact) mass is 292 g/mol. The molecule has 1 N–H and O–H groups in total. The van der Waals surface area contributed by atoms with Gasteiger partial charge in [-0.3, -0.25) is 9.59 Å².